The minimum absolute atomic E-state index is 0.0828. The van der Waals surface area contributed by atoms with E-state index in [2.05, 4.69) is 49.6 Å². The number of benzene rings is 1. The lowest BCUT2D eigenvalue weighted by Crippen LogP contribution is -2.54. The van der Waals surface area contributed by atoms with Gasteiger partial charge in [0.2, 0.25) is 5.95 Å². The zero-order chi connectivity index (χ0) is 28.5. The van der Waals surface area contributed by atoms with E-state index in [1.165, 1.54) is 12.4 Å². The Kier molecular flexibility index (Phi) is 7.68. The highest BCUT2D eigenvalue weighted by molar-refractivity contribution is 6.09. The molecule has 1 fully saturated rings. The summed E-state index contributed by atoms with van der Waals surface area (Å²) in [6.45, 7) is 13.5. The van der Waals surface area contributed by atoms with Crippen LogP contribution in [0.3, 0.4) is 0 Å². The van der Waals surface area contributed by atoms with Crippen molar-refractivity contribution in [3.05, 3.63) is 47.4 Å². The van der Waals surface area contributed by atoms with Crippen LogP contribution in [0.25, 0.3) is 11.0 Å². The third kappa shape index (κ3) is 6.40. The Labute approximate surface area is 228 Å². The number of allylic oxidation sites excluding steroid dienone is 1. The molecule has 2 unspecified atom stereocenters. The number of piperazine rings is 1. The molecular weight excluding hydrogens is 494 g/mol. The molecule has 0 aliphatic carbocycles. The lowest BCUT2D eigenvalue weighted by molar-refractivity contribution is 0.0977. The summed E-state index contributed by atoms with van der Waals surface area (Å²) in [6.07, 6.45) is 2.86. The number of amides is 1. The van der Waals surface area contributed by atoms with Crippen molar-refractivity contribution < 1.29 is 4.79 Å². The molecule has 8 N–H and O–H groups in total. The first kappa shape index (κ1) is 27.7. The van der Waals surface area contributed by atoms with Gasteiger partial charge in [0.25, 0.3) is 5.91 Å². The molecule has 0 spiro atoms. The fourth-order valence-electron chi connectivity index (χ4n) is 4.31. The van der Waals surface area contributed by atoms with E-state index in [0.717, 1.165) is 18.7 Å². The number of fused-ring (bicyclic) bond motifs is 1. The predicted octanol–water partition coefficient (Wildman–Crippen LogP) is 2.84. The number of aryl methyl sites for hydroxylation is 1. The second kappa shape index (κ2) is 10.8. The lowest BCUT2D eigenvalue weighted by atomic mass is 9.92. The molecule has 39 heavy (non-hydrogen) atoms. The standard InChI is InChI=1S/C27H37N11O/c1-14-7-8-17(25(39)35-20(29)10-19(28)27(4,5)6)9-18(14)34-24-22-21(31-13-32-24)23(30)37-26(36-22)38-11-15(2)33-16(3)12-38/h7-10,13,15-16,33H,11-12,28H2,1-6H3,(H2,29,35,39)(H2,30,36,37)(H,31,32,34). The van der Waals surface area contributed by atoms with E-state index >= 15 is 0 Å². The van der Waals surface area contributed by atoms with Crippen LogP contribution in [-0.4, -0.2) is 56.9 Å². The number of rotatable bonds is 5. The monoisotopic (exact) mass is 531 g/mol. The van der Waals surface area contributed by atoms with Crippen LogP contribution in [0.2, 0.25) is 0 Å². The summed E-state index contributed by atoms with van der Waals surface area (Å²) in [5.74, 6) is 0.722. The van der Waals surface area contributed by atoms with Crippen LogP contribution >= 0.6 is 0 Å². The first-order valence-corrected chi connectivity index (χ1v) is 12.9. The number of nitrogen functional groups attached to an aromatic ring is 1. The van der Waals surface area contributed by atoms with Crippen molar-refractivity contribution in [1.29, 1.82) is 5.41 Å². The number of amidine groups is 1. The number of anilines is 4. The molecule has 4 rings (SSSR count). The van der Waals surface area contributed by atoms with Gasteiger partial charge in [0.15, 0.2) is 11.6 Å². The van der Waals surface area contributed by atoms with Gasteiger partial charge in [-0.25, -0.2) is 15.0 Å². The molecule has 0 bridgehead atoms. The van der Waals surface area contributed by atoms with Crippen LogP contribution in [-0.2, 0) is 0 Å². The van der Waals surface area contributed by atoms with Crippen molar-refractivity contribution in [2.45, 2.75) is 53.6 Å². The molecule has 0 saturated carbocycles. The van der Waals surface area contributed by atoms with E-state index in [0.29, 0.717) is 39.7 Å². The van der Waals surface area contributed by atoms with Crippen molar-refractivity contribution in [3.8, 4) is 0 Å². The summed E-state index contributed by atoms with van der Waals surface area (Å²) in [4.78, 5) is 33.1. The maximum atomic E-state index is 12.9. The lowest BCUT2D eigenvalue weighted by Gasteiger charge is -2.36. The first-order valence-electron chi connectivity index (χ1n) is 12.9. The SMILES string of the molecule is Cc1ccc(C(=O)NC(=N)C=C(N)C(C)(C)C)cc1Nc1ncnc2c(N)nc(N3CC(C)NC(C)C3)nc12. The maximum Gasteiger partial charge on any atom is 0.256 e. The van der Waals surface area contributed by atoms with E-state index in [1.54, 1.807) is 12.1 Å². The highest BCUT2D eigenvalue weighted by Crippen LogP contribution is 2.28. The van der Waals surface area contributed by atoms with Crippen molar-refractivity contribution in [2.75, 3.05) is 29.0 Å². The van der Waals surface area contributed by atoms with Gasteiger partial charge in [-0.2, -0.15) is 4.98 Å². The summed E-state index contributed by atoms with van der Waals surface area (Å²) in [5, 5.41) is 17.5. The molecule has 1 aromatic carbocycles. The number of carbonyl (C=O) groups excluding carboxylic acids is 1. The van der Waals surface area contributed by atoms with E-state index in [-0.39, 0.29) is 29.2 Å². The molecule has 1 amide bonds. The van der Waals surface area contributed by atoms with Gasteiger partial charge in [-0.3, -0.25) is 10.2 Å². The molecule has 1 aliphatic heterocycles. The fourth-order valence-corrected chi connectivity index (χ4v) is 4.31. The van der Waals surface area contributed by atoms with Gasteiger partial charge < -0.3 is 32.3 Å². The minimum atomic E-state index is -0.427. The van der Waals surface area contributed by atoms with Crippen LogP contribution < -0.4 is 32.3 Å². The van der Waals surface area contributed by atoms with Gasteiger partial charge in [-0.05, 0) is 44.5 Å². The minimum Gasteiger partial charge on any atom is -0.401 e. The van der Waals surface area contributed by atoms with E-state index in [9.17, 15) is 4.79 Å². The molecule has 1 aliphatic rings. The largest absolute Gasteiger partial charge is 0.401 e. The molecule has 2 aromatic heterocycles. The summed E-state index contributed by atoms with van der Waals surface area (Å²) >= 11 is 0. The normalized spacial score (nSPS) is 18.2. The molecule has 2 atom stereocenters. The van der Waals surface area contributed by atoms with Crippen LogP contribution in [0.1, 0.15) is 50.5 Å². The molecule has 3 aromatic rings. The van der Waals surface area contributed by atoms with Crippen LogP contribution in [0.15, 0.2) is 36.3 Å². The van der Waals surface area contributed by atoms with Crippen molar-refractivity contribution in [3.63, 3.8) is 0 Å². The van der Waals surface area contributed by atoms with Gasteiger partial charge in [0.1, 0.15) is 23.2 Å². The number of nitrogens with zero attached hydrogens (tertiary/aromatic N) is 5. The smallest absolute Gasteiger partial charge is 0.256 e. The summed E-state index contributed by atoms with van der Waals surface area (Å²) < 4.78 is 0. The van der Waals surface area contributed by atoms with Gasteiger partial charge in [-0.15, -0.1) is 0 Å². The zero-order valence-corrected chi connectivity index (χ0v) is 23.3. The number of aromatic nitrogens is 4. The van der Waals surface area contributed by atoms with Gasteiger partial charge >= 0.3 is 0 Å². The van der Waals surface area contributed by atoms with Gasteiger partial charge in [0, 0.05) is 47.5 Å². The third-order valence-corrected chi connectivity index (χ3v) is 6.50. The third-order valence-electron chi connectivity index (χ3n) is 6.50. The molecule has 12 heteroatoms. The molecule has 1 saturated heterocycles. The van der Waals surface area contributed by atoms with Crippen LogP contribution in [0.4, 0.5) is 23.3 Å². The highest BCUT2D eigenvalue weighted by Gasteiger charge is 2.24. The highest BCUT2D eigenvalue weighted by atomic mass is 16.1. The second-order valence-electron chi connectivity index (χ2n) is 11.1. The van der Waals surface area contributed by atoms with Crippen molar-refractivity contribution in [2.24, 2.45) is 11.1 Å². The number of nitrogens with two attached hydrogens (primary N) is 2. The van der Waals surface area contributed by atoms with Crippen LogP contribution in [0.5, 0.6) is 0 Å². The Balaban J connectivity index is 1.62. The van der Waals surface area contributed by atoms with Gasteiger partial charge in [-0.1, -0.05) is 26.8 Å². The molecule has 12 nitrogen and oxygen atoms in total. The molecule has 0 radical (unpaired) electrons. The Morgan fingerprint density at radius 2 is 1.85 bits per heavy atom. The Morgan fingerprint density at radius 3 is 2.51 bits per heavy atom. The topological polar surface area (TPSA) is 184 Å². The Bertz CT molecular complexity index is 1430. The number of nitrogens with one attached hydrogen (secondary N) is 4. The fraction of sp³-hybridized carbons (Fsp3) is 0.407. The quantitative estimate of drug-likeness (QED) is 0.211. The zero-order valence-electron chi connectivity index (χ0n) is 23.3. The average molecular weight is 532 g/mol. The van der Waals surface area contributed by atoms with Crippen molar-refractivity contribution in [1.82, 2.24) is 30.6 Å². The first-order chi connectivity index (χ1) is 18.3. The summed E-state index contributed by atoms with van der Waals surface area (Å²) in [7, 11) is 0. The predicted molar refractivity (Wildman–Crippen MR) is 155 cm³/mol. The number of hydrogen-bond donors (Lipinski definition) is 6. The number of hydrogen-bond acceptors (Lipinski definition) is 11. The van der Waals surface area contributed by atoms with E-state index < -0.39 is 5.91 Å². The Morgan fingerprint density at radius 1 is 1.15 bits per heavy atom. The molecule has 206 valence electrons. The van der Waals surface area contributed by atoms with E-state index in [4.69, 9.17) is 21.9 Å². The van der Waals surface area contributed by atoms with Gasteiger partial charge in [0.05, 0.1) is 0 Å². The average Bonchev–Trinajstić information content (AvgIpc) is 2.84. The molecule has 3 heterocycles. The second-order valence-corrected chi connectivity index (χ2v) is 11.1. The van der Waals surface area contributed by atoms with Crippen LogP contribution in [0, 0.1) is 17.7 Å². The van der Waals surface area contributed by atoms with Crippen molar-refractivity contribution >= 4 is 46.0 Å². The summed E-state index contributed by atoms with van der Waals surface area (Å²) in [6, 6.07) is 5.77. The Hall–Kier alpha value is -4.32. The number of carbonyl (C=O) groups is 1. The van der Waals surface area contributed by atoms with E-state index in [1.807, 2.05) is 33.8 Å². The maximum absolute atomic E-state index is 12.9. The molecular formula is C27H37N11O. The summed E-state index contributed by atoms with van der Waals surface area (Å²) in [5.41, 5.74) is 15.4.